The van der Waals surface area contributed by atoms with E-state index in [2.05, 4.69) is 5.10 Å². The maximum Gasteiger partial charge on any atom is 0.460 e. The fraction of sp³-hybridized carbons (Fsp3) is 0.182. The molecule has 0 aliphatic rings. The Balaban J connectivity index is 1.88. The van der Waals surface area contributed by atoms with Crippen LogP contribution in [0.3, 0.4) is 0 Å². The summed E-state index contributed by atoms with van der Waals surface area (Å²) < 4.78 is 95.7. The number of alkyl halides is 7. The van der Waals surface area contributed by atoms with E-state index in [1.807, 2.05) is 0 Å². The van der Waals surface area contributed by atoms with Crippen molar-refractivity contribution in [1.82, 2.24) is 5.43 Å². The standard InChI is InChI=1S/C22H14ClF7N2O2/c23-17-8-4-2-6-14(17)12-34-18-10-9-13-5-1-3-7-15(13)16(18)11-31-32-19(33)20(24,25)21(26,27)22(28,29)30/h1-11H,12H2,(H,32,33)/b31-11+. The molecule has 0 fully saturated rings. The number of nitrogens with one attached hydrogen (secondary N) is 1. The van der Waals surface area contributed by atoms with Gasteiger partial charge in [-0.05, 0) is 22.9 Å². The topological polar surface area (TPSA) is 50.7 Å². The van der Waals surface area contributed by atoms with E-state index in [-0.39, 0.29) is 17.9 Å². The number of amides is 1. The fourth-order valence-corrected chi connectivity index (χ4v) is 3.04. The lowest BCUT2D eigenvalue weighted by atomic mass is 10.0. The average Bonchev–Trinajstić information content (AvgIpc) is 2.78. The van der Waals surface area contributed by atoms with Crippen LogP contribution in [-0.4, -0.2) is 30.1 Å². The Bertz CT molecular complexity index is 1230. The number of hydrogen-bond acceptors (Lipinski definition) is 3. The van der Waals surface area contributed by atoms with Crippen molar-refractivity contribution in [3.05, 3.63) is 76.8 Å². The van der Waals surface area contributed by atoms with Crippen LogP contribution in [0.5, 0.6) is 5.75 Å². The number of carbonyl (C=O) groups excluding carboxylic acids is 1. The number of hydrazone groups is 1. The van der Waals surface area contributed by atoms with Gasteiger partial charge < -0.3 is 4.74 Å². The van der Waals surface area contributed by atoms with E-state index in [1.54, 1.807) is 54.6 Å². The predicted octanol–water partition coefficient (Wildman–Crippen LogP) is 6.36. The van der Waals surface area contributed by atoms with Crippen LogP contribution >= 0.6 is 11.6 Å². The Morgan fingerprint density at radius 3 is 2.26 bits per heavy atom. The molecule has 0 aliphatic heterocycles. The Hall–Kier alpha value is -3.34. The van der Waals surface area contributed by atoms with Gasteiger partial charge in [0.1, 0.15) is 12.4 Å². The van der Waals surface area contributed by atoms with Crippen molar-refractivity contribution in [3.8, 4) is 5.75 Å². The summed E-state index contributed by atoms with van der Waals surface area (Å²) in [6, 6.07) is 16.6. The molecule has 0 heterocycles. The van der Waals surface area contributed by atoms with Gasteiger partial charge in [-0.25, -0.2) is 5.43 Å². The van der Waals surface area contributed by atoms with Crippen LogP contribution in [0.1, 0.15) is 11.1 Å². The Kier molecular flexibility index (Phi) is 7.06. The lowest BCUT2D eigenvalue weighted by Gasteiger charge is -2.26. The van der Waals surface area contributed by atoms with Gasteiger partial charge in [-0.1, -0.05) is 60.1 Å². The van der Waals surface area contributed by atoms with Gasteiger partial charge >= 0.3 is 23.9 Å². The molecule has 34 heavy (non-hydrogen) atoms. The van der Waals surface area contributed by atoms with Crippen molar-refractivity contribution in [1.29, 1.82) is 0 Å². The Labute approximate surface area is 193 Å². The van der Waals surface area contributed by atoms with Crippen molar-refractivity contribution in [2.75, 3.05) is 0 Å². The molecule has 0 aliphatic carbocycles. The molecule has 12 heteroatoms. The van der Waals surface area contributed by atoms with E-state index in [0.717, 1.165) is 11.6 Å². The Morgan fingerprint density at radius 2 is 1.59 bits per heavy atom. The van der Waals surface area contributed by atoms with Crippen molar-refractivity contribution in [2.45, 2.75) is 24.6 Å². The molecular weight excluding hydrogens is 493 g/mol. The van der Waals surface area contributed by atoms with Crippen LogP contribution < -0.4 is 10.2 Å². The number of rotatable bonds is 7. The molecular formula is C22H14ClF7N2O2. The van der Waals surface area contributed by atoms with Crippen LogP contribution in [0.2, 0.25) is 5.02 Å². The van der Waals surface area contributed by atoms with Crippen molar-refractivity contribution >= 4 is 34.5 Å². The molecule has 0 unspecified atom stereocenters. The van der Waals surface area contributed by atoms with E-state index in [4.69, 9.17) is 16.3 Å². The summed E-state index contributed by atoms with van der Waals surface area (Å²) in [7, 11) is 0. The molecule has 0 aromatic heterocycles. The third kappa shape index (κ3) is 4.93. The van der Waals surface area contributed by atoms with Crippen LogP contribution in [0.15, 0.2) is 65.8 Å². The molecule has 0 atom stereocenters. The summed E-state index contributed by atoms with van der Waals surface area (Å²) in [5.74, 6) is -15.5. The Morgan fingerprint density at radius 1 is 0.941 bits per heavy atom. The number of nitrogens with zero attached hydrogens (tertiary/aromatic N) is 1. The number of hydrogen-bond donors (Lipinski definition) is 1. The van der Waals surface area contributed by atoms with Crippen LogP contribution in [-0.2, 0) is 11.4 Å². The number of benzene rings is 3. The van der Waals surface area contributed by atoms with Gasteiger partial charge in [-0.2, -0.15) is 35.8 Å². The highest BCUT2D eigenvalue weighted by molar-refractivity contribution is 6.31. The van der Waals surface area contributed by atoms with Gasteiger partial charge in [0.25, 0.3) is 0 Å². The first kappa shape index (κ1) is 25.3. The first-order chi connectivity index (χ1) is 15.9. The molecule has 0 saturated carbocycles. The summed E-state index contributed by atoms with van der Waals surface area (Å²) in [4.78, 5) is 11.4. The average molecular weight is 507 g/mol. The minimum atomic E-state index is -6.65. The highest BCUT2D eigenvalue weighted by Gasteiger charge is 2.76. The van der Waals surface area contributed by atoms with E-state index in [9.17, 15) is 35.5 Å². The maximum absolute atomic E-state index is 13.5. The number of fused-ring (bicyclic) bond motifs is 1. The zero-order chi connectivity index (χ0) is 25.1. The lowest BCUT2D eigenvalue weighted by molar-refractivity contribution is -0.344. The first-order valence-corrected chi connectivity index (χ1v) is 9.78. The quantitative estimate of drug-likeness (QED) is 0.230. The molecule has 0 radical (unpaired) electrons. The second-order valence-electron chi connectivity index (χ2n) is 6.92. The summed E-state index contributed by atoms with van der Waals surface area (Å²) >= 11 is 6.09. The summed E-state index contributed by atoms with van der Waals surface area (Å²) in [6.45, 7) is -0.0128. The number of carbonyl (C=O) groups is 1. The monoisotopic (exact) mass is 506 g/mol. The highest BCUT2D eigenvalue weighted by Crippen LogP contribution is 2.46. The summed E-state index contributed by atoms with van der Waals surface area (Å²) in [5.41, 5.74) is 1.81. The highest BCUT2D eigenvalue weighted by atomic mass is 35.5. The molecule has 0 saturated heterocycles. The minimum Gasteiger partial charge on any atom is -0.488 e. The molecule has 1 amide bonds. The van der Waals surface area contributed by atoms with E-state index in [0.29, 0.717) is 21.4 Å². The molecule has 0 spiro atoms. The predicted molar refractivity (Wildman–Crippen MR) is 111 cm³/mol. The van der Waals surface area contributed by atoms with E-state index in [1.165, 1.54) is 6.07 Å². The minimum absolute atomic E-state index is 0.0128. The SMILES string of the molecule is O=C(N/N=C/c1c(OCc2ccccc2Cl)ccc2ccccc12)C(F)(F)C(F)(F)C(F)(F)F. The van der Waals surface area contributed by atoms with E-state index < -0.39 is 23.9 Å². The summed E-state index contributed by atoms with van der Waals surface area (Å²) in [6.07, 6.45) is -5.84. The zero-order valence-electron chi connectivity index (χ0n) is 16.8. The summed E-state index contributed by atoms with van der Waals surface area (Å²) in [5, 5.41) is 4.71. The molecule has 180 valence electrons. The second-order valence-corrected chi connectivity index (χ2v) is 7.33. The van der Waals surface area contributed by atoms with Gasteiger partial charge in [-0.15, -0.1) is 0 Å². The molecule has 3 rings (SSSR count). The molecule has 1 N–H and O–H groups in total. The zero-order valence-corrected chi connectivity index (χ0v) is 17.6. The van der Waals surface area contributed by atoms with Gasteiger partial charge in [0, 0.05) is 16.1 Å². The molecule has 3 aromatic rings. The number of ether oxygens (including phenoxy) is 1. The molecule has 3 aromatic carbocycles. The smallest absolute Gasteiger partial charge is 0.460 e. The van der Waals surface area contributed by atoms with Crippen LogP contribution in [0.4, 0.5) is 30.7 Å². The van der Waals surface area contributed by atoms with Crippen LogP contribution in [0.25, 0.3) is 10.8 Å². The van der Waals surface area contributed by atoms with Gasteiger partial charge in [0.05, 0.1) is 6.21 Å². The van der Waals surface area contributed by atoms with Crippen molar-refractivity contribution < 1.29 is 40.3 Å². The third-order valence-corrected chi connectivity index (χ3v) is 5.04. The largest absolute Gasteiger partial charge is 0.488 e. The van der Waals surface area contributed by atoms with Gasteiger partial charge in [0.2, 0.25) is 0 Å². The molecule has 4 nitrogen and oxygen atoms in total. The lowest BCUT2D eigenvalue weighted by Crippen LogP contribution is -2.58. The van der Waals surface area contributed by atoms with Crippen molar-refractivity contribution in [2.24, 2.45) is 5.10 Å². The first-order valence-electron chi connectivity index (χ1n) is 9.40. The van der Waals surface area contributed by atoms with Crippen molar-refractivity contribution in [3.63, 3.8) is 0 Å². The second kappa shape index (κ2) is 9.49. The van der Waals surface area contributed by atoms with Gasteiger partial charge in [-0.3, -0.25) is 4.79 Å². The fourth-order valence-electron chi connectivity index (χ4n) is 2.85. The third-order valence-electron chi connectivity index (χ3n) is 4.67. The van der Waals surface area contributed by atoms with Gasteiger partial charge in [0.15, 0.2) is 0 Å². The maximum atomic E-state index is 13.5. The number of halogens is 8. The molecule has 0 bridgehead atoms. The van der Waals surface area contributed by atoms with Crippen LogP contribution in [0, 0.1) is 0 Å². The normalized spacial score (nSPS) is 12.8. The van der Waals surface area contributed by atoms with E-state index >= 15 is 0 Å².